The fraction of sp³-hybridized carbons (Fsp3) is 0. The Hall–Kier alpha value is 0.0164. The molecule has 3 aromatic rings. The molecule has 0 saturated heterocycles. The van der Waals surface area contributed by atoms with Crippen LogP contribution in [-0.2, 0) is 0 Å². The number of carboxylic acid groups (broad SMARTS) is 1. The molecule has 0 N–H and O–H groups in total. The molecule has 110 valence electrons. The van der Waals surface area contributed by atoms with Gasteiger partial charge in [0.25, 0.3) is 0 Å². The van der Waals surface area contributed by atoms with Gasteiger partial charge in [-0.2, -0.15) is 0 Å². The SMILES string of the molecule is O=C([O-])c1cc(-c2cc(Cl)ccc2Cl)nc2ccc(Br)cc12.[K+]. The van der Waals surface area contributed by atoms with Gasteiger partial charge in [0, 0.05) is 26.0 Å². The number of rotatable bonds is 2. The van der Waals surface area contributed by atoms with E-state index in [0.717, 1.165) is 4.47 Å². The van der Waals surface area contributed by atoms with Gasteiger partial charge in [-0.25, -0.2) is 4.98 Å². The molecule has 2 aromatic carbocycles. The average molecular weight is 435 g/mol. The first-order valence-corrected chi connectivity index (χ1v) is 7.77. The topological polar surface area (TPSA) is 53.0 Å². The summed E-state index contributed by atoms with van der Waals surface area (Å²) in [6.45, 7) is 0. The van der Waals surface area contributed by atoms with E-state index in [9.17, 15) is 9.90 Å². The van der Waals surface area contributed by atoms with Crippen LogP contribution in [0.15, 0.2) is 46.9 Å². The first kappa shape index (κ1) is 19.3. The van der Waals surface area contributed by atoms with E-state index in [2.05, 4.69) is 20.9 Å². The third-order valence-electron chi connectivity index (χ3n) is 3.20. The van der Waals surface area contributed by atoms with Crippen LogP contribution >= 0.6 is 39.1 Å². The van der Waals surface area contributed by atoms with Gasteiger partial charge in [0.15, 0.2) is 0 Å². The molecule has 0 spiro atoms. The number of carboxylic acids is 1. The number of benzene rings is 2. The molecule has 3 rings (SSSR count). The molecule has 0 aliphatic carbocycles. The Balaban J connectivity index is 0.00000192. The van der Waals surface area contributed by atoms with E-state index < -0.39 is 5.97 Å². The van der Waals surface area contributed by atoms with Gasteiger partial charge in [-0.1, -0.05) is 39.1 Å². The Labute approximate surface area is 193 Å². The van der Waals surface area contributed by atoms with E-state index in [0.29, 0.717) is 32.2 Å². The van der Waals surface area contributed by atoms with Crippen LogP contribution < -0.4 is 56.5 Å². The molecule has 3 nitrogen and oxygen atoms in total. The van der Waals surface area contributed by atoms with Crippen molar-refractivity contribution in [3.8, 4) is 11.3 Å². The van der Waals surface area contributed by atoms with Crippen LogP contribution in [0.1, 0.15) is 10.4 Å². The molecule has 1 heterocycles. The maximum atomic E-state index is 11.4. The van der Waals surface area contributed by atoms with Crippen molar-refractivity contribution in [3.05, 3.63) is 62.5 Å². The Morgan fingerprint density at radius 3 is 2.52 bits per heavy atom. The van der Waals surface area contributed by atoms with E-state index in [1.807, 2.05) is 0 Å². The van der Waals surface area contributed by atoms with Crippen LogP contribution in [0.4, 0.5) is 0 Å². The van der Waals surface area contributed by atoms with Crippen LogP contribution in [0, 0.1) is 0 Å². The zero-order valence-corrected chi connectivity index (χ0v) is 18.2. The molecule has 23 heavy (non-hydrogen) atoms. The summed E-state index contributed by atoms with van der Waals surface area (Å²) in [6, 6.07) is 11.6. The van der Waals surface area contributed by atoms with Crippen molar-refractivity contribution >= 4 is 56.0 Å². The summed E-state index contributed by atoms with van der Waals surface area (Å²) in [6.07, 6.45) is 0. The van der Waals surface area contributed by atoms with Crippen molar-refractivity contribution < 1.29 is 61.3 Å². The smallest absolute Gasteiger partial charge is 0.545 e. The predicted molar refractivity (Wildman–Crippen MR) is 89.2 cm³/mol. The number of aromatic nitrogens is 1. The molecule has 0 amide bonds. The van der Waals surface area contributed by atoms with Gasteiger partial charge in [0.2, 0.25) is 0 Å². The number of aromatic carboxylic acids is 1. The number of fused-ring (bicyclic) bond motifs is 1. The second kappa shape index (κ2) is 7.93. The zero-order chi connectivity index (χ0) is 15.9. The molecule has 0 aliphatic rings. The van der Waals surface area contributed by atoms with Crippen molar-refractivity contribution in [2.45, 2.75) is 0 Å². The molecule has 0 aliphatic heterocycles. The summed E-state index contributed by atoms with van der Waals surface area (Å²) in [7, 11) is 0. The quantitative estimate of drug-likeness (QED) is 0.572. The molecule has 1 aromatic heterocycles. The number of pyridine rings is 1. The maximum absolute atomic E-state index is 11.4. The van der Waals surface area contributed by atoms with Gasteiger partial charge in [0.05, 0.1) is 22.2 Å². The Morgan fingerprint density at radius 2 is 1.83 bits per heavy atom. The monoisotopic (exact) mass is 433 g/mol. The van der Waals surface area contributed by atoms with E-state index in [4.69, 9.17) is 23.2 Å². The molecule has 0 atom stereocenters. The minimum Gasteiger partial charge on any atom is -0.545 e. The summed E-state index contributed by atoms with van der Waals surface area (Å²) in [5.74, 6) is -1.27. The number of carbonyl (C=O) groups is 1. The summed E-state index contributed by atoms with van der Waals surface area (Å²) in [4.78, 5) is 15.9. The van der Waals surface area contributed by atoms with Crippen molar-refractivity contribution in [1.29, 1.82) is 0 Å². The number of hydrogen-bond acceptors (Lipinski definition) is 3. The van der Waals surface area contributed by atoms with Crippen molar-refractivity contribution in [2.24, 2.45) is 0 Å². The second-order valence-corrected chi connectivity index (χ2v) is 6.39. The first-order chi connectivity index (χ1) is 10.5. The molecule has 0 radical (unpaired) electrons. The molecule has 0 fully saturated rings. The average Bonchev–Trinajstić information content (AvgIpc) is 2.48. The minimum absolute atomic E-state index is 0. The van der Waals surface area contributed by atoms with Crippen LogP contribution in [0.2, 0.25) is 10.0 Å². The van der Waals surface area contributed by atoms with Crippen molar-refractivity contribution in [1.82, 2.24) is 4.98 Å². The first-order valence-electron chi connectivity index (χ1n) is 6.23. The van der Waals surface area contributed by atoms with Crippen LogP contribution in [0.25, 0.3) is 22.2 Å². The fourth-order valence-electron chi connectivity index (χ4n) is 2.20. The fourth-order valence-corrected chi connectivity index (χ4v) is 2.95. The van der Waals surface area contributed by atoms with Gasteiger partial charge in [-0.15, -0.1) is 0 Å². The summed E-state index contributed by atoms with van der Waals surface area (Å²) in [5.41, 5.74) is 1.59. The van der Waals surface area contributed by atoms with Crippen LogP contribution in [0.3, 0.4) is 0 Å². The molecular formula is C16H7BrCl2KNO2. The largest absolute Gasteiger partial charge is 1.00 e. The van der Waals surface area contributed by atoms with Gasteiger partial charge < -0.3 is 9.90 Å². The zero-order valence-electron chi connectivity index (χ0n) is 11.9. The molecular weight excluding hydrogens is 428 g/mol. The normalized spacial score (nSPS) is 10.4. The number of carbonyl (C=O) groups excluding carboxylic acids is 1. The van der Waals surface area contributed by atoms with Crippen LogP contribution in [0.5, 0.6) is 0 Å². The van der Waals surface area contributed by atoms with Crippen molar-refractivity contribution in [3.63, 3.8) is 0 Å². The minimum atomic E-state index is -1.27. The van der Waals surface area contributed by atoms with Gasteiger partial charge in [0.1, 0.15) is 0 Å². The number of hydrogen-bond donors (Lipinski definition) is 0. The number of nitrogens with zero attached hydrogens (tertiary/aromatic N) is 1. The van der Waals surface area contributed by atoms with Gasteiger partial charge in [-0.05, 0) is 42.5 Å². The molecule has 0 bridgehead atoms. The van der Waals surface area contributed by atoms with E-state index in [-0.39, 0.29) is 56.9 Å². The molecule has 7 heteroatoms. The molecule has 0 saturated carbocycles. The Kier molecular flexibility index (Phi) is 6.67. The van der Waals surface area contributed by atoms with Crippen molar-refractivity contribution in [2.75, 3.05) is 0 Å². The summed E-state index contributed by atoms with van der Waals surface area (Å²) < 4.78 is 0.762. The summed E-state index contributed by atoms with van der Waals surface area (Å²) >= 11 is 15.5. The third kappa shape index (κ3) is 4.17. The standard InChI is InChI=1S/C16H8BrCl2NO2.K/c17-8-1-4-14-10(5-8)11(16(21)22)7-15(20-14)12-6-9(18)2-3-13(12)19;/h1-7H,(H,21,22);/q;+1/p-1. The second-order valence-electron chi connectivity index (χ2n) is 4.63. The van der Waals surface area contributed by atoms with Gasteiger partial charge >= 0.3 is 51.4 Å². The van der Waals surface area contributed by atoms with E-state index in [1.165, 1.54) is 6.07 Å². The molecule has 0 unspecified atom stereocenters. The van der Waals surface area contributed by atoms with E-state index >= 15 is 0 Å². The third-order valence-corrected chi connectivity index (χ3v) is 4.25. The predicted octanol–water partition coefficient (Wildman–Crippen LogP) is 1.34. The van der Waals surface area contributed by atoms with Gasteiger partial charge in [-0.3, -0.25) is 0 Å². The van der Waals surface area contributed by atoms with Crippen LogP contribution in [-0.4, -0.2) is 11.0 Å². The van der Waals surface area contributed by atoms with E-state index in [1.54, 1.807) is 36.4 Å². The maximum Gasteiger partial charge on any atom is 1.00 e. The Morgan fingerprint density at radius 1 is 1.09 bits per heavy atom. The summed E-state index contributed by atoms with van der Waals surface area (Å²) in [5, 5.41) is 12.9. The number of halogens is 3. The Bertz CT molecular complexity index is 918.